The van der Waals surface area contributed by atoms with Crippen molar-refractivity contribution in [3.05, 3.63) is 29.8 Å². The summed E-state index contributed by atoms with van der Waals surface area (Å²) in [6.07, 6.45) is 1.93. The Morgan fingerprint density at radius 3 is 2.53 bits per heavy atom. The average Bonchev–Trinajstić information content (AvgIpc) is 2.26. The van der Waals surface area contributed by atoms with Gasteiger partial charge in [0.1, 0.15) is 0 Å². The van der Waals surface area contributed by atoms with Gasteiger partial charge in [0.05, 0.1) is 4.90 Å². The van der Waals surface area contributed by atoms with Crippen molar-refractivity contribution in [3.8, 4) is 0 Å². The molecular weight excluding hydrogens is 330 g/mol. The van der Waals surface area contributed by atoms with Gasteiger partial charge < -0.3 is 5.32 Å². The van der Waals surface area contributed by atoms with Crippen LogP contribution in [-0.4, -0.2) is 31.4 Å². The second-order valence-electron chi connectivity index (χ2n) is 4.69. The Kier molecular flexibility index (Phi) is 5.55. The maximum absolute atomic E-state index is 12.0. The minimum Gasteiger partial charge on any atom is -0.350 e. The van der Waals surface area contributed by atoms with Crippen molar-refractivity contribution in [1.82, 2.24) is 5.32 Å². The van der Waals surface area contributed by atoms with Gasteiger partial charge in [-0.2, -0.15) is 0 Å². The zero-order valence-electron chi connectivity index (χ0n) is 11.2. The largest absolute Gasteiger partial charge is 0.350 e. The first-order chi connectivity index (χ1) is 8.70. The molecule has 0 radical (unpaired) electrons. The molecule has 1 rings (SSSR count). The first-order valence-corrected chi connectivity index (χ1v) is 8.76. The summed E-state index contributed by atoms with van der Waals surface area (Å²) in [5.41, 5.74) is 0.358. The number of halogens is 1. The lowest BCUT2D eigenvalue weighted by Gasteiger charge is -2.15. The Balaban J connectivity index is 2.84. The van der Waals surface area contributed by atoms with Gasteiger partial charge in [-0.15, -0.1) is 0 Å². The number of nitrogens with one attached hydrogen (secondary N) is 1. The number of hydrogen-bond acceptors (Lipinski definition) is 3. The molecule has 106 valence electrons. The topological polar surface area (TPSA) is 63.2 Å². The molecule has 0 spiro atoms. The number of benzene rings is 1. The van der Waals surface area contributed by atoms with Crippen LogP contribution in [0.2, 0.25) is 0 Å². The van der Waals surface area contributed by atoms with Crippen LogP contribution in [0.25, 0.3) is 0 Å². The van der Waals surface area contributed by atoms with Gasteiger partial charge >= 0.3 is 0 Å². The minimum atomic E-state index is -3.29. The Morgan fingerprint density at radius 2 is 2.00 bits per heavy atom. The molecule has 2 unspecified atom stereocenters. The fraction of sp³-hybridized carbons (Fsp3) is 0.462. The lowest BCUT2D eigenvalue weighted by molar-refractivity contribution is 0.0938. The lowest BCUT2D eigenvalue weighted by Crippen LogP contribution is -2.33. The number of carbonyl (C=O) groups excluding carboxylic acids is 1. The van der Waals surface area contributed by atoms with Crippen LogP contribution in [-0.2, 0) is 9.84 Å². The SMILES string of the molecule is CC(Br)CC(C)NC(=O)c1cccc(S(C)(=O)=O)c1. The number of amides is 1. The number of alkyl halides is 1. The third kappa shape index (κ3) is 5.32. The molecule has 0 saturated carbocycles. The molecule has 0 aliphatic carbocycles. The number of carbonyl (C=O) groups is 1. The smallest absolute Gasteiger partial charge is 0.251 e. The van der Waals surface area contributed by atoms with Crippen molar-refractivity contribution < 1.29 is 13.2 Å². The Bertz CT molecular complexity index is 555. The maximum atomic E-state index is 12.0. The van der Waals surface area contributed by atoms with Crippen molar-refractivity contribution >= 4 is 31.7 Å². The number of hydrogen-bond donors (Lipinski definition) is 1. The Hall–Kier alpha value is -0.880. The summed E-state index contributed by atoms with van der Waals surface area (Å²) in [5.74, 6) is -0.258. The molecule has 0 aliphatic rings. The lowest BCUT2D eigenvalue weighted by atomic mass is 10.1. The minimum absolute atomic E-state index is 0.0174. The van der Waals surface area contributed by atoms with Crippen molar-refractivity contribution in [3.63, 3.8) is 0 Å². The highest BCUT2D eigenvalue weighted by atomic mass is 79.9. The van der Waals surface area contributed by atoms with E-state index in [4.69, 9.17) is 0 Å². The molecule has 0 saturated heterocycles. The molecule has 1 N–H and O–H groups in total. The van der Waals surface area contributed by atoms with Crippen LogP contribution < -0.4 is 5.32 Å². The molecule has 0 aliphatic heterocycles. The molecule has 0 aromatic heterocycles. The highest BCUT2D eigenvalue weighted by Crippen LogP contribution is 2.12. The van der Waals surface area contributed by atoms with E-state index >= 15 is 0 Å². The van der Waals surface area contributed by atoms with Crippen LogP contribution >= 0.6 is 15.9 Å². The summed E-state index contributed by atoms with van der Waals surface area (Å²) in [6.45, 7) is 3.92. The highest BCUT2D eigenvalue weighted by Gasteiger charge is 2.14. The van der Waals surface area contributed by atoms with E-state index in [1.54, 1.807) is 12.1 Å². The predicted octanol–water partition coefficient (Wildman–Crippen LogP) is 2.38. The average molecular weight is 348 g/mol. The van der Waals surface area contributed by atoms with Gasteiger partial charge in [0, 0.05) is 22.7 Å². The van der Waals surface area contributed by atoms with E-state index in [9.17, 15) is 13.2 Å². The molecule has 19 heavy (non-hydrogen) atoms. The molecular formula is C13H18BrNO3S. The standard InChI is InChI=1S/C13H18BrNO3S/c1-9(14)7-10(2)15-13(16)11-5-4-6-12(8-11)19(3,17)18/h4-6,8-10H,7H2,1-3H3,(H,15,16). The van der Waals surface area contributed by atoms with Gasteiger partial charge in [-0.05, 0) is 31.5 Å². The first kappa shape index (κ1) is 16.2. The van der Waals surface area contributed by atoms with E-state index in [2.05, 4.69) is 21.2 Å². The van der Waals surface area contributed by atoms with Crippen molar-refractivity contribution in [1.29, 1.82) is 0 Å². The zero-order valence-corrected chi connectivity index (χ0v) is 13.6. The van der Waals surface area contributed by atoms with E-state index in [1.807, 2.05) is 13.8 Å². The molecule has 1 aromatic carbocycles. The van der Waals surface area contributed by atoms with Crippen LogP contribution in [0.1, 0.15) is 30.6 Å². The van der Waals surface area contributed by atoms with Crippen LogP contribution in [0, 0.1) is 0 Å². The highest BCUT2D eigenvalue weighted by molar-refractivity contribution is 9.09. The van der Waals surface area contributed by atoms with Crippen LogP contribution in [0.5, 0.6) is 0 Å². The summed E-state index contributed by atoms with van der Waals surface area (Å²) in [7, 11) is -3.29. The summed E-state index contributed by atoms with van der Waals surface area (Å²) in [5, 5.41) is 2.84. The molecule has 2 atom stereocenters. The molecule has 6 heteroatoms. The van der Waals surface area contributed by atoms with Crippen molar-refractivity contribution in [2.45, 2.75) is 36.0 Å². The van der Waals surface area contributed by atoms with E-state index in [-0.39, 0.29) is 16.8 Å². The summed E-state index contributed by atoms with van der Waals surface area (Å²) in [6, 6.07) is 6.08. The molecule has 1 amide bonds. The fourth-order valence-electron chi connectivity index (χ4n) is 1.72. The monoisotopic (exact) mass is 347 g/mol. The normalized spacial score (nSPS) is 14.7. The Morgan fingerprint density at radius 1 is 1.37 bits per heavy atom. The molecule has 1 aromatic rings. The third-order valence-electron chi connectivity index (χ3n) is 2.58. The van der Waals surface area contributed by atoms with Crippen LogP contribution in [0.15, 0.2) is 29.2 Å². The van der Waals surface area contributed by atoms with Crippen LogP contribution in [0.4, 0.5) is 0 Å². The van der Waals surface area contributed by atoms with Gasteiger partial charge in [0.15, 0.2) is 9.84 Å². The zero-order chi connectivity index (χ0) is 14.6. The summed E-state index contributed by atoms with van der Waals surface area (Å²) in [4.78, 5) is 12.5. The quantitative estimate of drug-likeness (QED) is 0.831. The van der Waals surface area contributed by atoms with Gasteiger partial charge in [0.2, 0.25) is 0 Å². The summed E-state index contributed by atoms with van der Waals surface area (Å²) >= 11 is 3.43. The molecule has 0 fully saturated rings. The van der Waals surface area contributed by atoms with Crippen molar-refractivity contribution in [2.24, 2.45) is 0 Å². The maximum Gasteiger partial charge on any atom is 0.251 e. The van der Waals surface area contributed by atoms with Gasteiger partial charge in [0.25, 0.3) is 5.91 Å². The summed E-state index contributed by atoms with van der Waals surface area (Å²) < 4.78 is 22.9. The number of rotatable bonds is 5. The molecule has 4 nitrogen and oxygen atoms in total. The number of sulfone groups is 1. The fourth-order valence-corrected chi connectivity index (χ4v) is 2.95. The van der Waals surface area contributed by atoms with E-state index in [0.717, 1.165) is 12.7 Å². The Labute approximate surface area is 122 Å². The van der Waals surface area contributed by atoms with E-state index in [1.165, 1.54) is 12.1 Å². The van der Waals surface area contributed by atoms with Crippen molar-refractivity contribution in [2.75, 3.05) is 6.26 Å². The molecule has 0 heterocycles. The first-order valence-electron chi connectivity index (χ1n) is 5.95. The second-order valence-corrected chi connectivity index (χ2v) is 8.27. The third-order valence-corrected chi connectivity index (χ3v) is 4.06. The van der Waals surface area contributed by atoms with Gasteiger partial charge in [-0.3, -0.25) is 4.79 Å². The van der Waals surface area contributed by atoms with Gasteiger partial charge in [-0.25, -0.2) is 8.42 Å². The van der Waals surface area contributed by atoms with Gasteiger partial charge in [-0.1, -0.05) is 28.9 Å². The van der Waals surface area contributed by atoms with E-state index in [0.29, 0.717) is 10.4 Å². The van der Waals surface area contributed by atoms with E-state index < -0.39 is 9.84 Å². The van der Waals surface area contributed by atoms with Crippen LogP contribution in [0.3, 0.4) is 0 Å². The molecule has 0 bridgehead atoms. The predicted molar refractivity (Wildman–Crippen MR) is 79.5 cm³/mol. The second kappa shape index (κ2) is 6.52.